The van der Waals surface area contributed by atoms with E-state index in [1.54, 1.807) is 31.0 Å². The first-order valence-corrected chi connectivity index (χ1v) is 9.00. The van der Waals surface area contributed by atoms with Gasteiger partial charge in [0, 0.05) is 11.8 Å². The van der Waals surface area contributed by atoms with Gasteiger partial charge in [-0.05, 0) is 43.7 Å². The molecule has 0 fully saturated rings. The van der Waals surface area contributed by atoms with E-state index < -0.39 is 0 Å². The molecule has 0 amide bonds. The lowest BCUT2D eigenvalue weighted by Crippen LogP contribution is -2.02. The summed E-state index contributed by atoms with van der Waals surface area (Å²) < 4.78 is 20.6. The number of rotatable bonds is 6. The third-order valence-corrected chi connectivity index (χ3v) is 5.14. The molecule has 2 aromatic carbocycles. The van der Waals surface area contributed by atoms with Gasteiger partial charge in [-0.25, -0.2) is 4.39 Å². The molecule has 6 heteroatoms. The zero-order valence-corrected chi connectivity index (χ0v) is 15.3. The molecule has 0 aliphatic rings. The van der Waals surface area contributed by atoms with Crippen molar-refractivity contribution in [1.29, 1.82) is 0 Å². The van der Waals surface area contributed by atoms with E-state index in [1.807, 2.05) is 24.3 Å². The van der Waals surface area contributed by atoms with Gasteiger partial charge in [0.25, 0.3) is 0 Å². The van der Waals surface area contributed by atoms with E-state index in [1.165, 1.54) is 12.1 Å². The second-order valence-corrected chi connectivity index (χ2v) is 6.87. The van der Waals surface area contributed by atoms with Gasteiger partial charge in [-0.2, -0.15) is 0 Å². The summed E-state index contributed by atoms with van der Waals surface area (Å²) in [4.78, 5) is 0. The van der Waals surface area contributed by atoms with Crippen LogP contribution < -0.4 is 4.74 Å². The van der Waals surface area contributed by atoms with Crippen molar-refractivity contribution < 1.29 is 9.13 Å². The molecule has 3 aromatic rings. The Morgan fingerprint density at radius 1 is 1.12 bits per heavy atom. The van der Waals surface area contributed by atoms with Crippen LogP contribution in [0.25, 0.3) is 11.4 Å². The Labute approximate surface area is 151 Å². The van der Waals surface area contributed by atoms with Crippen LogP contribution in [-0.4, -0.2) is 21.9 Å². The molecular weight excluding hydrogens is 337 g/mol. The van der Waals surface area contributed by atoms with Crippen LogP contribution in [0.2, 0.25) is 0 Å². The highest BCUT2D eigenvalue weighted by atomic mass is 32.2. The number of thioether (sulfide) groups is 1. The molecule has 0 aliphatic heterocycles. The highest BCUT2D eigenvalue weighted by molar-refractivity contribution is 7.99. The van der Waals surface area contributed by atoms with Gasteiger partial charge in [0.05, 0.1) is 12.7 Å². The summed E-state index contributed by atoms with van der Waals surface area (Å²) >= 11 is 1.61. The molecule has 1 atom stereocenters. The first kappa shape index (κ1) is 17.5. The minimum Gasteiger partial charge on any atom is -0.496 e. The molecule has 25 heavy (non-hydrogen) atoms. The zero-order valence-electron chi connectivity index (χ0n) is 14.4. The van der Waals surface area contributed by atoms with E-state index in [2.05, 4.69) is 28.6 Å². The van der Waals surface area contributed by atoms with E-state index in [4.69, 9.17) is 4.74 Å². The molecule has 4 nitrogen and oxygen atoms in total. The number of methoxy groups -OCH3 is 1. The van der Waals surface area contributed by atoms with Crippen molar-refractivity contribution in [3.63, 3.8) is 0 Å². The van der Waals surface area contributed by atoms with E-state index >= 15 is 0 Å². The van der Waals surface area contributed by atoms with Crippen molar-refractivity contribution in [3.8, 4) is 17.1 Å². The Morgan fingerprint density at radius 3 is 2.52 bits per heavy atom. The fourth-order valence-electron chi connectivity index (χ4n) is 2.65. The van der Waals surface area contributed by atoms with Crippen molar-refractivity contribution in [1.82, 2.24) is 14.8 Å². The van der Waals surface area contributed by atoms with Gasteiger partial charge in [0.15, 0.2) is 11.0 Å². The van der Waals surface area contributed by atoms with Crippen LogP contribution in [0.1, 0.15) is 24.7 Å². The van der Waals surface area contributed by atoms with Crippen molar-refractivity contribution in [2.24, 2.45) is 0 Å². The summed E-state index contributed by atoms with van der Waals surface area (Å²) in [6.07, 6.45) is 0. The number of ether oxygens (including phenoxy) is 1. The van der Waals surface area contributed by atoms with Crippen molar-refractivity contribution in [3.05, 3.63) is 59.9 Å². The maximum absolute atomic E-state index is 13.1. The number of aromatic nitrogens is 3. The maximum atomic E-state index is 13.1. The van der Waals surface area contributed by atoms with Gasteiger partial charge in [-0.3, -0.25) is 0 Å². The van der Waals surface area contributed by atoms with Crippen molar-refractivity contribution >= 4 is 11.8 Å². The molecular formula is C19H20FN3OS. The second kappa shape index (κ2) is 7.70. The largest absolute Gasteiger partial charge is 0.496 e. The van der Waals surface area contributed by atoms with Gasteiger partial charge < -0.3 is 9.30 Å². The monoisotopic (exact) mass is 357 g/mol. The molecule has 0 radical (unpaired) electrons. The van der Waals surface area contributed by atoms with Gasteiger partial charge >= 0.3 is 0 Å². The maximum Gasteiger partial charge on any atom is 0.192 e. The summed E-state index contributed by atoms with van der Waals surface area (Å²) in [7, 11) is 1.65. The van der Waals surface area contributed by atoms with E-state index in [9.17, 15) is 4.39 Å². The number of hydrogen-bond donors (Lipinski definition) is 0. The molecule has 0 spiro atoms. The smallest absolute Gasteiger partial charge is 0.192 e. The van der Waals surface area contributed by atoms with Crippen LogP contribution in [-0.2, 0) is 6.54 Å². The molecule has 0 saturated heterocycles. The second-order valence-electron chi connectivity index (χ2n) is 5.56. The van der Waals surface area contributed by atoms with Crippen LogP contribution >= 0.6 is 11.8 Å². The third kappa shape index (κ3) is 3.69. The Bertz CT molecular complexity index is 848. The Morgan fingerprint density at radius 2 is 1.84 bits per heavy atom. The first-order valence-electron chi connectivity index (χ1n) is 8.12. The standard InChI is InChI=1S/C19H20FN3OS/c1-4-23-18(16-7-5-6-8-17(16)24-3)21-22-19(23)25-13(2)14-9-11-15(20)12-10-14/h5-13H,4H2,1-3H3. The summed E-state index contributed by atoms with van der Waals surface area (Å²) in [6, 6.07) is 14.4. The molecule has 130 valence electrons. The lowest BCUT2D eigenvalue weighted by atomic mass is 10.2. The quantitative estimate of drug-likeness (QED) is 0.584. The lowest BCUT2D eigenvalue weighted by Gasteiger charge is -2.13. The van der Waals surface area contributed by atoms with Gasteiger partial charge in [0.1, 0.15) is 11.6 Å². The minimum atomic E-state index is -0.226. The molecule has 1 unspecified atom stereocenters. The number of benzene rings is 2. The van der Waals surface area contributed by atoms with Gasteiger partial charge in [0.2, 0.25) is 0 Å². The van der Waals surface area contributed by atoms with Crippen LogP contribution in [0.5, 0.6) is 5.75 Å². The highest BCUT2D eigenvalue weighted by Gasteiger charge is 2.18. The predicted molar refractivity (Wildman–Crippen MR) is 98.4 cm³/mol. The predicted octanol–water partition coefficient (Wildman–Crippen LogP) is 4.97. The zero-order chi connectivity index (χ0) is 17.8. The number of para-hydroxylation sites is 1. The van der Waals surface area contributed by atoms with E-state index in [0.717, 1.165) is 34.4 Å². The van der Waals surface area contributed by atoms with E-state index in [0.29, 0.717) is 0 Å². The van der Waals surface area contributed by atoms with Gasteiger partial charge in [-0.1, -0.05) is 36.0 Å². The average molecular weight is 357 g/mol. The van der Waals surface area contributed by atoms with Crippen LogP contribution in [0.15, 0.2) is 53.7 Å². The Balaban J connectivity index is 1.91. The third-order valence-electron chi connectivity index (χ3n) is 4.00. The average Bonchev–Trinajstić information content (AvgIpc) is 3.04. The van der Waals surface area contributed by atoms with Crippen molar-refractivity contribution in [2.75, 3.05) is 7.11 Å². The van der Waals surface area contributed by atoms with Crippen LogP contribution in [0.4, 0.5) is 4.39 Å². The fraction of sp³-hybridized carbons (Fsp3) is 0.263. The molecule has 1 aromatic heterocycles. The van der Waals surface area contributed by atoms with Crippen LogP contribution in [0, 0.1) is 5.82 Å². The first-order chi connectivity index (χ1) is 12.1. The number of nitrogens with zero attached hydrogens (tertiary/aromatic N) is 3. The molecule has 0 bridgehead atoms. The number of halogens is 1. The SMILES string of the molecule is CCn1c(SC(C)c2ccc(F)cc2)nnc1-c1ccccc1OC. The Hall–Kier alpha value is -2.34. The van der Waals surface area contributed by atoms with E-state index in [-0.39, 0.29) is 11.1 Å². The topological polar surface area (TPSA) is 39.9 Å². The normalized spacial score (nSPS) is 12.2. The number of hydrogen-bond acceptors (Lipinski definition) is 4. The Kier molecular flexibility index (Phi) is 5.38. The molecule has 0 N–H and O–H groups in total. The lowest BCUT2D eigenvalue weighted by molar-refractivity contribution is 0.416. The molecule has 3 rings (SSSR count). The molecule has 0 saturated carbocycles. The summed E-state index contributed by atoms with van der Waals surface area (Å²) in [5.74, 6) is 1.33. The molecule has 0 aliphatic carbocycles. The van der Waals surface area contributed by atoms with Crippen molar-refractivity contribution in [2.45, 2.75) is 30.8 Å². The van der Waals surface area contributed by atoms with Gasteiger partial charge in [-0.15, -0.1) is 10.2 Å². The fourth-order valence-corrected chi connectivity index (χ4v) is 3.69. The highest BCUT2D eigenvalue weighted by Crippen LogP contribution is 2.36. The van der Waals surface area contributed by atoms with Crippen LogP contribution in [0.3, 0.4) is 0 Å². The summed E-state index contributed by atoms with van der Waals surface area (Å²) in [5, 5.41) is 9.72. The summed E-state index contributed by atoms with van der Waals surface area (Å²) in [5.41, 5.74) is 1.97. The summed E-state index contributed by atoms with van der Waals surface area (Å²) in [6.45, 7) is 4.89. The minimum absolute atomic E-state index is 0.139. The molecule has 1 heterocycles.